The van der Waals surface area contributed by atoms with Gasteiger partial charge in [0.2, 0.25) is 5.75 Å². The minimum absolute atomic E-state index is 0.160. The molecule has 70 valence electrons. The van der Waals surface area contributed by atoms with E-state index in [-0.39, 0.29) is 5.69 Å². The van der Waals surface area contributed by atoms with E-state index in [2.05, 4.69) is 5.10 Å². The molecular weight excluding hydrogens is 178 g/mol. The third-order valence-corrected chi connectivity index (χ3v) is 1.43. The average molecular weight is 185 g/mol. The second-order valence-corrected chi connectivity index (χ2v) is 2.32. The van der Waals surface area contributed by atoms with E-state index >= 15 is 0 Å². The molecule has 0 aliphatic rings. The summed E-state index contributed by atoms with van der Waals surface area (Å²) in [6, 6.07) is 0. The summed E-state index contributed by atoms with van der Waals surface area (Å²) in [5.74, 6) is -1.85. The van der Waals surface area contributed by atoms with Crippen molar-refractivity contribution in [3.63, 3.8) is 0 Å². The van der Waals surface area contributed by atoms with E-state index in [4.69, 9.17) is 11.1 Å². The first kappa shape index (κ1) is 8.97. The maximum Gasteiger partial charge on any atom is 0.432 e. The van der Waals surface area contributed by atoms with E-state index in [1.807, 2.05) is 0 Å². The number of hydrogen-bond acceptors (Lipinski definition) is 5. The number of aromatic hydroxyl groups is 1. The van der Waals surface area contributed by atoms with Gasteiger partial charge < -0.3 is 21.0 Å². The summed E-state index contributed by atoms with van der Waals surface area (Å²) in [6.07, 6.45) is 0. The molecule has 0 aromatic carbocycles. The van der Waals surface area contributed by atoms with Crippen molar-refractivity contribution in [3.8, 4) is 5.75 Å². The Morgan fingerprint density at radius 1 is 1.85 bits per heavy atom. The summed E-state index contributed by atoms with van der Waals surface area (Å²) in [5.41, 5.74) is 4.91. The van der Waals surface area contributed by atoms with Crippen molar-refractivity contribution in [3.05, 3.63) is 15.8 Å². The number of nitrogens with one attached hydrogen (secondary N) is 1. The zero-order valence-corrected chi connectivity index (χ0v) is 6.68. The lowest BCUT2D eigenvalue weighted by Crippen LogP contribution is -2.15. The van der Waals surface area contributed by atoms with Gasteiger partial charge in [0.05, 0.1) is 12.1 Å². The van der Waals surface area contributed by atoms with Crippen LogP contribution in [-0.4, -0.2) is 25.6 Å². The Hall–Kier alpha value is -2.12. The van der Waals surface area contributed by atoms with Crippen LogP contribution in [0.3, 0.4) is 0 Å². The second-order valence-electron chi connectivity index (χ2n) is 2.32. The summed E-state index contributed by atoms with van der Waals surface area (Å²) in [4.78, 5) is 9.42. The monoisotopic (exact) mass is 185 g/mol. The van der Waals surface area contributed by atoms with E-state index in [9.17, 15) is 15.2 Å². The van der Waals surface area contributed by atoms with E-state index in [1.165, 1.54) is 7.05 Å². The topological polar surface area (TPSA) is 131 Å². The normalized spacial score (nSPS) is 9.92. The first-order valence-corrected chi connectivity index (χ1v) is 3.20. The number of nitro groups is 1. The van der Waals surface area contributed by atoms with Crippen molar-refractivity contribution in [2.75, 3.05) is 0 Å². The van der Waals surface area contributed by atoms with Crippen LogP contribution >= 0.6 is 0 Å². The van der Waals surface area contributed by atoms with Crippen LogP contribution in [0.1, 0.15) is 5.69 Å². The lowest BCUT2D eigenvalue weighted by molar-refractivity contribution is -0.390. The Kier molecular flexibility index (Phi) is 1.89. The van der Waals surface area contributed by atoms with Crippen molar-refractivity contribution in [2.45, 2.75) is 0 Å². The predicted octanol–water partition coefficient (Wildman–Crippen LogP) is -0.682. The van der Waals surface area contributed by atoms with Crippen LogP contribution in [0.15, 0.2) is 0 Å². The molecule has 0 bridgehead atoms. The molecule has 0 saturated heterocycles. The molecule has 1 aromatic rings. The van der Waals surface area contributed by atoms with Crippen molar-refractivity contribution < 1.29 is 10.0 Å². The summed E-state index contributed by atoms with van der Waals surface area (Å²) in [7, 11) is 1.35. The molecule has 0 radical (unpaired) electrons. The fraction of sp³-hybridized carbons (Fsp3) is 0.200. The summed E-state index contributed by atoms with van der Waals surface area (Å²) >= 11 is 0. The number of aromatic nitrogens is 2. The van der Waals surface area contributed by atoms with Crippen LogP contribution in [-0.2, 0) is 7.05 Å². The lowest BCUT2D eigenvalue weighted by atomic mass is 10.3. The van der Waals surface area contributed by atoms with Gasteiger partial charge >= 0.3 is 5.82 Å². The van der Waals surface area contributed by atoms with Crippen LogP contribution in [0.5, 0.6) is 5.75 Å². The molecule has 0 spiro atoms. The highest BCUT2D eigenvalue weighted by Crippen LogP contribution is 2.27. The van der Waals surface area contributed by atoms with Gasteiger partial charge in [0.15, 0.2) is 5.69 Å². The number of aryl methyl sites for hydroxylation is 1. The van der Waals surface area contributed by atoms with Crippen molar-refractivity contribution in [1.82, 2.24) is 9.78 Å². The molecule has 0 fully saturated rings. The minimum Gasteiger partial charge on any atom is -0.499 e. The average Bonchev–Trinajstić information content (AvgIpc) is 2.26. The Labute approximate surface area is 72.2 Å². The Balaban J connectivity index is 3.39. The predicted molar refractivity (Wildman–Crippen MR) is 42.5 cm³/mol. The SMILES string of the molecule is Cn1nc([N+](=O)[O-])c(O)c1C(=N)N. The van der Waals surface area contributed by atoms with Gasteiger partial charge in [-0.2, -0.15) is 4.68 Å². The van der Waals surface area contributed by atoms with Crippen LogP contribution < -0.4 is 5.73 Å². The summed E-state index contributed by atoms with van der Waals surface area (Å²) < 4.78 is 0.982. The highest BCUT2D eigenvalue weighted by Gasteiger charge is 2.27. The molecule has 8 nitrogen and oxygen atoms in total. The zero-order valence-electron chi connectivity index (χ0n) is 6.68. The maximum atomic E-state index is 10.3. The molecular formula is C5H7N5O3. The lowest BCUT2D eigenvalue weighted by Gasteiger charge is -1.93. The third-order valence-electron chi connectivity index (χ3n) is 1.43. The fourth-order valence-corrected chi connectivity index (χ4v) is 0.923. The zero-order chi connectivity index (χ0) is 10.2. The molecule has 1 rings (SSSR count). The number of rotatable bonds is 2. The second kappa shape index (κ2) is 2.73. The van der Waals surface area contributed by atoms with Gasteiger partial charge in [-0.1, -0.05) is 0 Å². The molecule has 13 heavy (non-hydrogen) atoms. The van der Waals surface area contributed by atoms with Crippen molar-refractivity contribution in [1.29, 1.82) is 5.41 Å². The van der Waals surface area contributed by atoms with Gasteiger partial charge in [-0.15, -0.1) is 0 Å². The molecule has 0 atom stereocenters. The van der Waals surface area contributed by atoms with Crippen LogP contribution in [0.25, 0.3) is 0 Å². The molecule has 1 aromatic heterocycles. The number of nitrogens with two attached hydrogens (primary N) is 1. The minimum atomic E-state index is -0.845. The van der Waals surface area contributed by atoms with Gasteiger partial charge in [0.1, 0.15) is 5.84 Å². The standard InChI is InChI=1S/C5H7N5O3/c1-9-2(4(6)7)3(11)5(8-9)10(12)13/h11H,1H3,(H3,6,7). The molecule has 0 aliphatic carbocycles. The van der Waals surface area contributed by atoms with E-state index in [0.717, 1.165) is 4.68 Å². The highest BCUT2D eigenvalue weighted by molar-refractivity contribution is 5.96. The maximum absolute atomic E-state index is 10.3. The van der Waals surface area contributed by atoms with Gasteiger partial charge in [0, 0.05) is 0 Å². The number of nitrogens with zero attached hydrogens (tertiary/aromatic N) is 3. The van der Waals surface area contributed by atoms with Crippen LogP contribution in [0.4, 0.5) is 5.82 Å². The Morgan fingerprint density at radius 2 is 2.38 bits per heavy atom. The quantitative estimate of drug-likeness (QED) is 0.243. The van der Waals surface area contributed by atoms with Crippen molar-refractivity contribution >= 4 is 11.7 Å². The summed E-state index contributed by atoms with van der Waals surface area (Å²) in [6.45, 7) is 0. The van der Waals surface area contributed by atoms with Crippen LogP contribution in [0.2, 0.25) is 0 Å². The largest absolute Gasteiger partial charge is 0.499 e. The van der Waals surface area contributed by atoms with E-state index < -0.39 is 22.3 Å². The van der Waals surface area contributed by atoms with Gasteiger partial charge in [-0.05, 0) is 4.92 Å². The van der Waals surface area contributed by atoms with Crippen LogP contribution in [0, 0.1) is 15.5 Å². The first-order valence-electron chi connectivity index (χ1n) is 3.20. The number of amidine groups is 1. The van der Waals surface area contributed by atoms with Gasteiger partial charge in [-0.3, -0.25) is 5.41 Å². The molecule has 0 saturated carbocycles. The molecule has 0 unspecified atom stereocenters. The van der Waals surface area contributed by atoms with Crippen molar-refractivity contribution in [2.24, 2.45) is 12.8 Å². The smallest absolute Gasteiger partial charge is 0.432 e. The summed E-state index contributed by atoms with van der Waals surface area (Å²) in [5, 5.41) is 29.9. The first-order chi connectivity index (χ1) is 5.95. The fourth-order valence-electron chi connectivity index (χ4n) is 0.923. The highest BCUT2D eigenvalue weighted by atomic mass is 16.6. The molecule has 0 amide bonds. The Morgan fingerprint density at radius 3 is 2.62 bits per heavy atom. The molecule has 0 aliphatic heterocycles. The molecule has 4 N–H and O–H groups in total. The number of hydrogen-bond donors (Lipinski definition) is 3. The number of nitrogen functional groups attached to an aromatic ring is 1. The Bertz CT molecular complexity index is 382. The molecule has 1 heterocycles. The van der Waals surface area contributed by atoms with Gasteiger partial charge in [-0.25, -0.2) is 0 Å². The van der Waals surface area contributed by atoms with Gasteiger partial charge in [0.25, 0.3) is 0 Å². The van der Waals surface area contributed by atoms with E-state index in [0.29, 0.717) is 0 Å². The third kappa shape index (κ3) is 1.28. The molecule has 8 heteroatoms. The van der Waals surface area contributed by atoms with E-state index in [1.54, 1.807) is 0 Å².